The van der Waals surface area contributed by atoms with Gasteiger partial charge in [0.25, 0.3) is 0 Å². The second kappa shape index (κ2) is 7.35. The highest BCUT2D eigenvalue weighted by atomic mass is 16.5. The summed E-state index contributed by atoms with van der Waals surface area (Å²) in [5.74, 6) is -1.47. The number of nitrogens with zero attached hydrogens (tertiary/aromatic N) is 2. The fourth-order valence-corrected chi connectivity index (χ4v) is 3.75. The molecular weight excluding hydrogens is 336 g/mol. The summed E-state index contributed by atoms with van der Waals surface area (Å²) in [7, 11) is 1.55. The van der Waals surface area contributed by atoms with Crippen molar-refractivity contribution in [2.24, 2.45) is 11.8 Å². The minimum Gasteiger partial charge on any atom is -0.495 e. The van der Waals surface area contributed by atoms with E-state index in [0.717, 1.165) is 5.56 Å². The van der Waals surface area contributed by atoms with Crippen molar-refractivity contribution in [2.45, 2.75) is 26.2 Å². The largest absolute Gasteiger partial charge is 0.495 e. The summed E-state index contributed by atoms with van der Waals surface area (Å²) in [4.78, 5) is 39.8. The Hall–Kier alpha value is -2.57. The monoisotopic (exact) mass is 360 g/mol. The zero-order valence-electron chi connectivity index (χ0n) is 15.1. The first-order chi connectivity index (χ1) is 12.4. The molecule has 0 unspecified atom stereocenters. The van der Waals surface area contributed by atoms with Crippen LogP contribution < -0.4 is 9.64 Å². The van der Waals surface area contributed by atoms with E-state index in [1.54, 1.807) is 16.9 Å². The number of hydrogen-bond acceptors (Lipinski definition) is 4. The number of carboxylic acid groups (broad SMARTS) is 1. The molecule has 1 aromatic carbocycles. The lowest BCUT2D eigenvalue weighted by Crippen LogP contribution is -2.45. The Kier molecular flexibility index (Phi) is 5.15. The van der Waals surface area contributed by atoms with Gasteiger partial charge in [0.1, 0.15) is 5.75 Å². The van der Waals surface area contributed by atoms with E-state index < -0.39 is 17.8 Å². The maximum absolute atomic E-state index is 12.8. The maximum atomic E-state index is 12.8. The zero-order valence-corrected chi connectivity index (χ0v) is 15.1. The van der Waals surface area contributed by atoms with Crippen LogP contribution in [0.2, 0.25) is 0 Å². The van der Waals surface area contributed by atoms with E-state index in [0.29, 0.717) is 37.4 Å². The lowest BCUT2D eigenvalue weighted by molar-refractivity contribution is -0.146. The summed E-state index contributed by atoms with van der Waals surface area (Å²) < 4.78 is 5.36. The molecule has 26 heavy (non-hydrogen) atoms. The minimum atomic E-state index is -0.865. The van der Waals surface area contributed by atoms with Crippen molar-refractivity contribution in [2.75, 3.05) is 31.6 Å². The van der Waals surface area contributed by atoms with Crippen LogP contribution in [0.25, 0.3) is 0 Å². The van der Waals surface area contributed by atoms with E-state index in [9.17, 15) is 19.5 Å². The predicted octanol–water partition coefficient (Wildman–Crippen LogP) is 1.68. The summed E-state index contributed by atoms with van der Waals surface area (Å²) in [5.41, 5.74) is 1.68. The molecule has 0 spiro atoms. The molecule has 2 amide bonds. The zero-order chi connectivity index (χ0) is 18.8. The summed E-state index contributed by atoms with van der Waals surface area (Å²) in [6.07, 6.45) is 1.41. The smallest absolute Gasteiger partial charge is 0.308 e. The van der Waals surface area contributed by atoms with Crippen LogP contribution in [0.3, 0.4) is 0 Å². The minimum absolute atomic E-state index is 0.112. The van der Waals surface area contributed by atoms with Gasteiger partial charge in [-0.2, -0.15) is 0 Å². The molecule has 2 atom stereocenters. The molecule has 140 valence electrons. The van der Waals surface area contributed by atoms with Gasteiger partial charge >= 0.3 is 5.97 Å². The van der Waals surface area contributed by atoms with Crippen molar-refractivity contribution in [3.63, 3.8) is 0 Å². The van der Waals surface area contributed by atoms with Gasteiger partial charge in [0, 0.05) is 26.1 Å². The quantitative estimate of drug-likeness (QED) is 0.883. The summed E-state index contributed by atoms with van der Waals surface area (Å²) >= 11 is 0. The maximum Gasteiger partial charge on any atom is 0.308 e. The number of benzene rings is 1. The second-order valence-electron chi connectivity index (χ2n) is 7.04. The molecule has 1 N–H and O–H groups in total. The SMILES string of the molecule is COc1ccc(C)cc1N1C[C@H](C(=O)N2CCC[C@H](C(=O)O)C2)CC1=O. The van der Waals surface area contributed by atoms with Crippen LogP contribution in [-0.4, -0.2) is 54.5 Å². The van der Waals surface area contributed by atoms with E-state index >= 15 is 0 Å². The molecule has 2 aliphatic rings. The molecule has 0 radical (unpaired) electrons. The first-order valence-corrected chi connectivity index (χ1v) is 8.87. The molecule has 0 aromatic heterocycles. The molecule has 0 aliphatic carbocycles. The highest BCUT2D eigenvalue weighted by Crippen LogP contribution is 2.34. The molecular formula is C19H24N2O5. The number of aryl methyl sites for hydroxylation is 1. The molecule has 2 heterocycles. The average Bonchev–Trinajstić information content (AvgIpc) is 3.02. The van der Waals surface area contributed by atoms with Crippen molar-refractivity contribution in [3.05, 3.63) is 23.8 Å². The average molecular weight is 360 g/mol. The lowest BCUT2D eigenvalue weighted by atomic mass is 9.96. The Balaban J connectivity index is 1.74. The first kappa shape index (κ1) is 18.2. The van der Waals surface area contributed by atoms with Gasteiger partial charge in [-0.05, 0) is 37.5 Å². The number of amides is 2. The van der Waals surface area contributed by atoms with Crippen LogP contribution >= 0.6 is 0 Å². The van der Waals surface area contributed by atoms with E-state index in [-0.39, 0.29) is 24.8 Å². The van der Waals surface area contributed by atoms with Crippen molar-refractivity contribution in [3.8, 4) is 5.75 Å². The molecule has 2 saturated heterocycles. The van der Waals surface area contributed by atoms with Gasteiger partial charge in [-0.3, -0.25) is 14.4 Å². The third-order valence-corrected chi connectivity index (χ3v) is 5.18. The Morgan fingerprint density at radius 1 is 1.23 bits per heavy atom. The van der Waals surface area contributed by atoms with Crippen LogP contribution in [-0.2, 0) is 14.4 Å². The lowest BCUT2D eigenvalue weighted by Gasteiger charge is -2.32. The fraction of sp³-hybridized carbons (Fsp3) is 0.526. The number of methoxy groups -OCH3 is 1. The van der Waals surface area contributed by atoms with E-state index in [1.807, 2.05) is 25.1 Å². The van der Waals surface area contributed by atoms with Crippen molar-refractivity contribution < 1.29 is 24.2 Å². The van der Waals surface area contributed by atoms with E-state index in [4.69, 9.17) is 4.74 Å². The number of likely N-dealkylation sites (tertiary alicyclic amines) is 1. The van der Waals surface area contributed by atoms with Gasteiger partial charge in [0.05, 0.1) is 24.6 Å². The number of ether oxygens (including phenoxy) is 1. The van der Waals surface area contributed by atoms with Gasteiger partial charge < -0.3 is 19.6 Å². The Bertz CT molecular complexity index is 733. The fourth-order valence-electron chi connectivity index (χ4n) is 3.75. The van der Waals surface area contributed by atoms with Crippen LogP contribution in [0.15, 0.2) is 18.2 Å². The highest BCUT2D eigenvalue weighted by molar-refractivity contribution is 6.01. The summed E-state index contributed by atoms with van der Waals surface area (Å²) in [5, 5.41) is 9.21. The Labute approximate surface area is 152 Å². The van der Waals surface area contributed by atoms with Gasteiger partial charge in [-0.1, -0.05) is 6.07 Å². The van der Waals surface area contributed by atoms with E-state index in [1.165, 1.54) is 0 Å². The van der Waals surface area contributed by atoms with Gasteiger partial charge in [0.15, 0.2) is 0 Å². The summed E-state index contributed by atoms with van der Waals surface area (Å²) in [6, 6.07) is 5.60. The molecule has 7 nitrogen and oxygen atoms in total. The van der Waals surface area contributed by atoms with Crippen molar-refractivity contribution in [1.82, 2.24) is 4.90 Å². The molecule has 3 rings (SSSR count). The number of anilines is 1. The van der Waals surface area contributed by atoms with Crippen molar-refractivity contribution >= 4 is 23.5 Å². The molecule has 1 aromatic rings. The molecule has 7 heteroatoms. The number of carbonyl (C=O) groups is 3. The number of piperidine rings is 1. The third kappa shape index (κ3) is 3.52. The van der Waals surface area contributed by atoms with Crippen LogP contribution in [0.4, 0.5) is 5.69 Å². The third-order valence-electron chi connectivity index (χ3n) is 5.18. The normalized spacial score (nSPS) is 23.2. The Morgan fingerprint density at radius 3 is 2.69 bits per heavy atom. The number of hydrogen-bond donors (Lipinski definition) is 1. The number of aliphatic carboxylic acids is 1. The number of carbonyl (C=O) groups excluding carboxylic acids is 2. The summed E-state index contributed by atoms with van der Waals surface area (Å²) in [6.45, 7) is 3.02. The Morgan fingerprint density at radius 2 is 2.00 bits per heavy atom. The van der Waals surface area contributed by atoms with Crippen LogP contribution in [0.5, 0.6) is 5.75 Å². The molecule has 0 saturated carbocycles. The van der Waals surface area contributed by atoms with Gasteiger partial charge in [0.2, 0.25) is 11.8 Å². The number of rotatable bonds is 4. The van der Waals surface area contributed by atoms with E-state index in [2.05, 4.69) is 0 Å². The second-order valence-corrected chi connectivity index (χ2v) is 7.04. The highest BCUT2D eigenvalue weighted by Gasteiger charge is 2.39. The molecule has 2 fully saturated rings. The van der Waals surface area contributed by atoms with Crippen molar-refractivity contribution in [1.29, 1.82) is 0 Å². The van der Waals surface area contributed by atoms with Gasteiger partial charge in [-0.25, -0.2) is 0 Å². The standard InChI is InChI=1S/C19H24N2O5/c1-12-5-6-16(26-2)15(8-12)21-11-14(9-17(21)22)18(23)20-7-3-4-13(10-20)19(24)25/h5-6,8,13-14H,3-4,7,9-11H2,1-2H3,(H,24,25)/t13-,14+/m0/s1. The van der Waals surface area contributed by atoms with Crippen LogP contribution in [0.1, 0.15) is 24.8 Å². The van der Waals surface area contributed by atoms with Gasteiger partial charge in [-0.15, -0.1) is 0 Å². The first-order valence-electron chi connectivity index (χ1n) is 8.87. The molecule has 0 bridgehead atoms. The van der Waals surface area contributed by atoms with Crippen LogP contribution in [0, 0.1) is 18.8 Å². The topological polar surface area (TPSA) is 87.2 Å². The number of carboxylic acids is 1. The molecule has 2 aliphatic heterocycles. The predicted molar refractivity (Wildman–Crippen MR) is 95.1 cm³/mol.